The minimum atomic E-state index is -2.88. The van der Waals surface area contributed by atoms with E-state index in [1.807, 2.05) is 17.5 Å². The number of carbonyl (C=O) groups is 1. The highest BCUT2D eigenvalue weighted by Crippen LogP contribution is 2.30. The topological polar surface area (TPSA) is 62.2 Å². The number of nitrogens with zero attached hydrogens (tertiary/aromatic N) is 1. The van der Waals surface area contributed by atoms with E-state index in [0.717, 1.165) is 9.88 Å². The van der Waals surface area contributed by atoms with Crippen molar-refractivity contribution in [2.24, 2.45) is 0 Å². The molecule has 20 heavy (non-hydrogen) atoms. The van der Waals surface area contributed by atoms with Gasteiger partial charge < -0.3 is 10.4 Å². The number of thiophene rings is 1. The van der Waals surface area contributed by atoms with Gasteiger partial charge in [-0.3, -0.25) is 4.79 Å². The van der Waals surface area contributed by atoms with Crippen molar-refractivity contribution in [3.8, 4) is 9.88 Å². The third kappa shape index (κ3) is 3.38. The lowest BCUT2D eigenvalue weighted by Crippen LogP contribution is -2.35. The maximum atomic E-state index is 12.1. The van der Waals surface area contributed by atoms with Crippen LogP contribution < -0.4 is 5.32 Å². The van der Waals surface area contributed by atoms with Crippen LogP contribution in [0, 0.1) is 6.92 Å². The highest BCUT2D eigenvalue weighted by Gasteiger charge is 2.20. The van der Waals surface area contributed by atoms with Gasteiger partial charge in [0, 0.05) is 6.54 Å². The molecule has 0 aliphatic carbocycles. The number of thiazole rings is 1. The van der Waals surface area contributed by atoms with Crippen LogP contribution >= 0.6 is 22.7 Å². The van der Waals surface area contributed by atoms with Gasteiger partial charge in [0.1, 0.15) is 16.0 Å². The molecular weight excluding hydrogens is 306 g/mol. The molecule has 2 aromatic heterocycles. The Morgan fingerprint density at radius 3 is 2.90 bits per heavy atom. The fourth-order valence-corrected chi connectivity index (χ4v) is 3.26. The summed E-state index contributed by atoms with van der Waals surface area (Å²) in [4.78, 5) is 17.5. The predicted octanol–water partition coefficient (Wildman–Crippen LogP) is 2.54. The number of hydrogen-bond donors (Lipinski definition) is 2. The molecule has 0 saturated heterocycles. The summed E-state index contributed by atoms with van der Waals surface area (Å²) in [6.45, 7) is 1.20. The van der Waals surface area contributed by atoms with Crippen LogP contribution in [0.15, 0.2) is 17.5 Å². The van der Waals surface area contributed by atoms with Gasteiger partial charge in [0.05, 0.1) is 10.6 Å². The molecular formula is C12H12F2N2O2S2. The van der Waals surface area contributed by atoms with E-state index in [4.69, 9.17) is 5.11 Å². The lowest BCUT2D eigenvalue weighted by molar-refractivity contribution is -0.00268. The van der Waals surface area contributed by atoms with Crippen LogP contribution in [-0.4, -0.2) is 35.1 Å². The van der Waals surface area contributed by atoms with Crippen molar-refractivity contribution in [2.75, 3.05) is 6.54 Å². The number of hydrogen-bond acceptors (Lipinski definition) is 5. The van der Waals surface area contributed by atoms with Gasteiger partial charge in [-0.05, 0) is 18.4 Å². The summed E-state index contributed by atoms with van der Waals surface area (Å²) in [6, 6.07) is 3.78. The van der Waals surface area contributed by atoms with Crippen LogP contribution in [0.3, 0.4) is 0 Å². The normalized spacial score (nSPS) is 12.7. The molecule has 0 aliphatic rings. The van der Waals surface area contributed by atoms with Crippen molar-refractivity contribution >= 4 is 28.6 Å². The van der Waals surface area contributed by atoms with Crippen molar-refractivity contribution in [1.82, 2.24) is 10.3 Å². The van der Waals surface area contributed by atoms with Crippen molar-refractivity contribution in [3.63, 3.8) is 0 Å². The smallest absolute Gasteiger partial charge is 0.265 e. The largest absolute Gasteiger partial charge is 0.385 e. The van der Waals surface area contributed by atoms with Gasteiger partial charge in [0.2, 0.25) is 0 Å². The highest BCUT2D eigenvalue weighted by molar-refractivity contribution is 7.22. The quantitative estimate of drug-likeness (QED) is 0.890. The van der Waals surface area contributed by atoms with Gasteiger partial charge in [0.15, 0.2) is 0 Å². The minimum Gasteiger partial charge on any atom is -0.385 e. The molecule has 8 heteroatoms. The first-order chi connectivity index (χ1) is 9.49. The average Bonchev–Trinajstić information content (AvgIpc) is 3.04. The van der Waals surface area contributed by atoms with Crippen LogP contribution in [0.2, 0.25) is 0 Å². The third-order valence-electron chi connectivity index (χ3n) is 2.50. The monoisotopic (exact) mass is 318 g/mol. The molecule has 1 unspecified atom stereocenters. The second-order valence-electron chi connectivity index (χ2n) is 4.02. The second kappa shape index (κ2) is 6.38. The number of aliphatic hydroxyl groups is 1. The average molecular weight is 318 g/mol. The first-order valence-electron chi connectivity index (χ1n) is 5.74. The SMILES string of the molecule is Cc1nc(-c2cccs2)sc1C(=O)NCC(O)C(F)F. The van der Waals surface area contributed by atoms with E-state index in [1.54, 1.807) is 6.92 Å². The van der Waals surface area contributed by atoms with E-state index in [9.17, 15) is 13.6 Å². The van der Waals surface area contributed by atoms with Gasteiger partial charge in [-0.2, -0.15) is 0 Å². The van der Waals surface area contributed by atoms with Crippen LogP contribution in [0.4, 0.5) is 8.78 Å². The Morgan fingerprint density at radius 2 is 2.30 bits per heavy atom. The number of nitrogens with one attached hydrogen (secondary N) is 1. The Bertz CT molecular complexity index is 584. The summed E-state index contributed by atoms with van der Waals surface area (Å²) in [5.41, 5.74) is 0.544. The molecule has 2 heterocycles. The van der Waals surface area contributed by atoms with Crippen LogP contribution in [0.1, 0.15) is 15.4 Å². The van der Waals surface area contributed by atoms with Crippen molar-refractivity contribution in [3.05, 3.63) is 28.1 Å². The summed E-state index contributed by atoms with van der Waals surface area (Å²) in [5, 5.41) is 13.9. The molecule has 2 N–H and O–H groups in total. The number of alkyl halides is 2. The maximum absolute atomic E-state index is 12.1. The molecule has 0 aromatic carbocycles. The van der Waals surface area contributed by atoms with E-state index in [1.165, 1.54) is 22.7 Å². The predicted molar refractivity (Wildman–Crippen MR) is 74.5 cm³/mol. The molecule has 0 spiro atoms. The Balaban J connectivity index is 2.07. The van der Waals surface area contributed by atoms with E-state index in [2.05, 4.69) is 10.3 Å². The molecule has 0 fully saturated rings. The number of amides is 1. The lowest BCUT2D eigenvalue weighted by Gasteiger charge is -2.09. The van der Waals surface area contributed by atoms with Gasteiger partial charge in [-0.1, -0.05) is 6.07 Å². The standard InChI is InChI=1S/C12H12F2N2O2S2/c1-6-9(11(18)15-5-7(17)10(13)14)20-12(16-6)8-3-2-4-19-8/h2-4,7,10,17H,5H2,1H3,(H,15,18). The third-order valence-corrected chi connectivity index (χ3v) is 4.69. The summed E-state index contributed by atoms with van der Waals surface area (Å²) in [7, 11) is 0. The second-order valence-corrected chi connectivity index (χ2v) is 5.97. The maximum Gasteiger partial charge on any atom is 0.265 e. The molecule has 108 valence electrons. The van der Waals surface area contributed by atoms with Gasteiger partial charge in [0.25, 0.3) is 12.3 Å². The van der Waals surface area contributed by atoms with Crippen molar-refractivity contribution < 1.29 is 18.7 Å². The highest BCUT2D eigenvalue weighted by atomic mass is 32.1. The molecule has 4 nitrogen and oxygen atoms in total. The Kier molecular flexibility index (Phi) is 4.79. The number of rotatable bonds is 5. The Labute approximate surface area is 122 Å². The van der Waals surface area contributed by atoms with Gasteiger partial charge >= 0.3 is 0 Å². The fourth-order valence-electron chi connectivity index (χ4n) is 1.48. The summed E-state index contributed by atoms with van der Waals surface area (Å²) in [5.74, 6) is -0.498. The molecule has 1 amide bonds. The summed E-state index contributed by atoms with van der Waals surface area (Å²) in [6.07, 6.45) is -4.73. The summed E-state index contributed by atoms with van der Waals surface area (Å²) >= 11 is 2.71. The van der Waals surface area contributed by atoms with Crippen molar-refractivity contribution in [1.29, 1.82) is 0 Å². The number of aliphatic hydroxyl groups excluding tert-OH is 1. The molecule has 2 rings (SSSR count). The van der Waals surface area contributed by atoms with Crippen molar-refractivity contribution in [2.45, 2.75) is 19.5 Å². The zero-order valence-electron chi connectivity index (χ0n) is 10.5. The van der Waals surface area contributed by atoms with E-state index in [-0.39, 0.29) is 0 Å². The Hall–Kier alpha value is -1.38. The molecule has 0 aliphatic heterocycles. The van der Waals surface area contributed by atoms with E-state index in [0.29, 0.717) is 10.6 Å². The van der Waals surface area contributed by atoms with E-state index >= 15 is 0 Å². The molecule has 0 bridgehead atoms. The minimum absolute atomic E-state index is 0.370. The van der Waals surface area contributed by atoms with Crippen LogP contribution in [-0.2, 0) is 0 Å². The molecule has 2 aromatic rings. The Morgan fingerprint density at radius 1 is 1.55 bits per heavy atom. The lowest BCUT2D eigenvalue weighted by atomic mass is 10.3. The molecule has 1 atom stereocenters. The van der Waals surface area contributed by atoms with Crippen LogP contribution in [0.5, 0.6) is 0 Å². The van der Waals surface area contributed by atoms with Gasteiger partial charge in [-0.25, -0.2) is 13.8 Å². The number of aromatic nitrogens is 1. The number of halogens is 2. The first kappa shape index (κ1) is 15.0. The first-order valence-corrected chi connectivity index (χ1v) is 7.44. The van der Waals surface area contributed by atoms with E-state index < -0.39 is 25.0 Å². The summed E-state index contributed by atoms with van der Waals surface area (Å²) < 4.78 is 24.3. The molecule has 0 radical (unpaired) electrons. The van der Waals surface area contributed by atoms with Gasteiger partial charge in [-0.15, -0.1) is 22.7 Å². The fraction of sp³-hybridized carbons (Fsp3) is 0.333. The van der Waals surface area contributed by atoms with Crippen LogP contribution in [0.25, 0.3) is 9.88 Å². The zero-order valence-corrected chi connectivity index (χ0v) is 12.1. The number of carbonyl (C=O) groups excluding carboxylic acids is 1. The molecule has 0 saturated carbocycles. The number of aryl methyl sites for hydroxylation is 1. The zero-order chi connectivity index (χ0) is 14.7.